The molecule has 0 saturated heterocycles. The summed E-state index contributed by atoms with van der Waals surface area (Å²) < 4.78 is 20.6. The van der Waals surface area contributed by atoms with E-state index in [1.807, 2.05) is 48.5 Å². The smallest absolute Gasteiger partial charge is 0.323 e. The molecule has 3 rings (SSSR count). The molecule has 168 valence electrons. The second kappa shape index (κ2) is 10.4. The minimum Gasteiger partial charge on any atom is -0.495 e. The molecule has 0 spiro atoms. The van der Waals surface area contributed by atoms with Crippen molar-refractivity contribution in [1.82, 2.24) is 0 Å². The molecule has 6 heteroatoms. The van der Waals surface area contributed by atoms with Gasteiger partial charge < -0.3 is 18.9 Å². The standard InChI is InChI=1S/C27H24O6/c1-30-23-11-7-5-9-19(23)13-15-21-17-27(25(28)32-3,26(29)33-4)18-22(21)16-14-20-10-6-8-12-24(20)31-2/h5-12H,17-18H2,1-4H3. The fourth-order valence-electron chi connectivity index (χ4n) is 3.66. The van der Waals surface area contributed by atoms with Crippen LogP contribution in [0.25, 0.3) is 0 Å². The minimum absolute atomic E-state index is 0.0322. The van der Waals surface area contributed by atoms with Gasteiger partial charge in [0.15, 0.2) is 5.41 Å². The molecule has 1 aliphatic rings. The summed E-state index contributed by atoms with van der Waals surface area (Å²) >= 11 is 0. The molecule has 0 aromatic heterocycles. The maximum absolute atomic E-state index is 12.7. The van der Waals surface area contributed by atoms with Crippen molar-refractivity contribution in [1.29, 1.82) is 0 Å². The number of para-hydroxylation sites is 2. The fraction of sp³-hybridized carbons (Fsp3) is 0.259. The monoisotopic (exact) mass is 444 g/mol. The Hall–Kier alpha value is -4.16. The molecular weight excluding hydrogens is 420 g/mol. The molecular formula is C27H24O6. The number of esters is 2. The zero-order valence-electron chi connectivity index (χ0n) is 19.0. The van der Waals surface area contributed by atoms with Crippen molar-refractivity contribution in [3.05, 3.63) is 70.8 Å². The Morgan fingerprint density at radius 3 is 1.42 bits per heavy atom. The Morgan fingerprint density at radius 2 is 1.06 bits per heavy atom. The van der Waals surface area contributed by atoms with Crippen LogP contribution in [0.4, 0.5) is 0 Å². The van der Waals surface area contributed by atoms with E-state index >= 15 is 0 Å². The number of methoxy groups -OCH3 is 4. The van der Waals surface area contributed by atoms with Crippen molar-refractivity contribution in [3.8, 4) is 35.2 Å². The van der Waals surface area contributed by atoms with Crippen molar-refractivity contribution in [2.45, 2.75) is 12.8 Å². The van der Waals surface area contributed by atoms with Crippen LogP contribution in [0.3, 0.4) is 0 Å². The minimum atomic E-state index is -1.53. The molecule has 33 heavy (non-hydrogen) atoms. The van der Waals surface area contributed by atoms with Gasteiger partial charge in [0.2, 0.25) is 0 Å². The zero-order valence-corrected chi connectivity index (χ0v) is 19.0. The van der Waals surface area contributed by atoms with Gasteiger partial charge in [-0.05, 0) is 24.3 Å². The average Bonchev–Trinajstić information content (AvgIpc) is 3.25. The van der Waals surface area contributed by atoms with Crippen LogP contribution in [0.1, 0.15) is 24.0 Å². The molecule has 0 heterocycles. The Kier molecular flexibility index (Phi) is 7.43. The number of rotatable bonds is 4. The molecule has 0 N–H and O–H groups in total. The highest BCUT2D eigenvalue weighted by molar-refractivity contribution is 6.02. The molecule has 0 atom stereocenters. The number of allylic oxidation sites excluding steroid dienone is 2. The molecule has 1 aliphatic carbocycles. The highest BCUT2D eigenvalue weighted by Gasteiger charge is 2.53. The van der Waals surface area contributed by atoms with Gasteiger partial charge in [0.1, 0.15) is 11.5 Å². The van der Waals surface area contributed by atoms with E-state index in [1.54, 1.807) is 14.2 Å². The van der Waals surface area contributed by atoms with E-state index in [1.165, 1.54) is 14.2 Å². The number of hydrogen-bond donors (Lipinski definition) is 0. The molecule has 6 nitrogen and oxygen atoms in total. The number of benzene rings is 2. The average molecular weight is 444 g/mol. The summed E-state index contributed by atoms with van der Waals surface area (Å²) in [7, 11) is 5.62. The van der Waals surface area contributed by atoms with Gasteiger partial charge in [0.25, 0.3) is 0 Å². The van der Waals surface area contributed by atoms with Gasteiger partial charge in [-0.1, -0.05) is 47.9 Å². The summed E-state index contributed by atoms with van der Waals surface area (Å²) in [6.07, 6.45) is 0.0644. The fourth-order valence-corrected chi connectivity index (χ4v) is 3.66. The van der Waals surface area contributed by atoms with E-state index < -0.39 is 17.4 Å². The summed E-state index contributed by atoms with van der Waals surface area (Å²) in [5.74, 6) is 12.2. The first-order chi connectivity index (χ1) is 16.0. The highest BCUT2D eigenvalue weighted by atomic mass is 16.5. The van der Waals surface area contributed by atoms with E-state index in [2.05, 4.69) is 23.7 Å². The third-order valence-corrected chi connectivity index (χ3v) is 5.38. The molecule has 0 bridgehead atoms. The lowest BCUT2D eigenvalue weighted by atomic mass is 9.83. The summed E-state index contributed by atoms with van der Waals surface area (Å²) in [4.78, 5) is 25.4. The number of ether oxygens (including phenoxy) is 4. The van der Waals surface area contributed by atoms with Crippen molar-refractivity contribution < 1.29 is 28.5 Å². The van der Waals surface area contributed by atoms with Crippen LogP contribution in [0.5, 0.6) is 11.5 Å². The van der Waals surface area contributed by atoms with Gasteiger partial charge in [-0.25, -0.2) is 0 Å². The number of hydrogen-bond acceptors (Lipinski definition) is 6. The van der Waals surface area contributed by atoms with E-state index in [0.717, 1.165) is 0 Å². The van der Waals surface area contributed by atoms with Gasteiger partial charge in [0, 0.05) is 24.0 Å². The van der Waals surface area contributed by atoms with E-state index in [0.29, 0.717) is 33.8 Å². The first-order valence-corrected chi connectivity index (χ1v) is 10.2. The van der Waals surface area contributed by atoms with Crippen LogP contribution >= 0.6 is 0 Å². The number of carbonyl (C=O) groups is 2. The first kappa shape index (κ1) is 23.5. The maximum Gasteiger partial charge on any atom is 0.323 e. The van der Waals surface area contributed by atoms with Gasteiger partial charge >= 0.3 is 11.9 Å². The Balaban J connectivity index is 2.11. The Labute approximate surface area is 193 Å². The topological polar surface area (TPSA) is 71.1 Å². The van der Waals surface area contributed by atoms with Gasteiger partial charge in [0.05, 0.1) is 39.6 Å². The van der Waals surface area contributed by atoms with Crippen molar-refractivity contribution in [2.24, 2.45) is 5.41 Å². The van der Waals surface area contributed by atoms with E-state index in [9.17, 15) is 9.59 Å². The third kappa shape index (κ3) is 4.86. The molecule has 2 aromatic rings. The van der Waals surface area contributed by atoms with Crippen LogP contribution in [-0.2, 0) is 19.1 Å². The van der Waals surface area contributed by atoms with Crippen LogP contribution in [0.2, 0.25) is 0 Å². The highest BCUT2D eigenvalue weighted by Crippen LogP contribution is 2.44. The van der Waals surface area contributed by atoms with Crippen LogP contribution in [0, 0.1) is 29.1 Å². The largest absolute Gasteiger partial charge is 0.495 e. The second-order valence-corrected chi connectivity index (χ2v) is 7.28. The van der Waals surface area contributed by atoms with Crippen molar-refractivity contribution in [2.75, 3.05) is 28.4 Å². The maximum atomic E-state index is 12.7. The molecule has 0 unspecified atom stereocenters. The summed E-state index contributed by atoms with van der Waals surface area (Å²) in [6, 6.07) is 14.7. The number of carbonyl (C=O) groups excluding carboxylic acids is 2. The van der Waals surface area contributed by atoms with Gasteiger partial charge in [-0.2, -0.15) is 0 Å². The van der Waals surface area contributed by atoms with E-state index in [4.69, 9.17) is 18.9 Å². The summed E-state index contributed by atoms with van der Waals surface area (Å²) in [5.41, 5.74) is 0.966. The Morgan fingerprint density at radius 1 is 0.667 bits per heavy atom. The quantitative estimate of drug-likeness (QED) is 0.408. The third-order valence-electron chi connectivity index (χ3n) is 5.38. The van der Waals surface area contributed by atoms with Crippen molar-refractivity contribution in [3.63, 3.8) is 0 Å². The molecule has 0 amide bonds. The molecule has 0 saturated carbocycles. The van der Waals surface area contributed by atoms with Gasteiger partial charge in [-0.3, -0.25) is 9.59 Å². The molecule has 0 aliphatic heterocycles. The SMILES string of the molecule is COC(=O)C1(C(=O)OC)CC(C#Cc2ccccc2OC)=C(C#Cc2ccccc2OC)C1. The summed E-state index contributed by atoms with van der Waals surface area (Å²) in [5, 5.41) is 0. The van der Waals surface area contributed by atoms with Crippen LogP contribution < -0.4 is 9.47 Å². The lowest BCUT2D eigenvalue weighted by Crippen LogP contribution is -2.39. The molecule has 0 fully saturated rings. The predicted molar refractivity (Wildman–Crippen MR) is 122 cm³/mol. The van der Waals surface area contributed by atoms with Crippen LogP contribution in [-0.4, -0.2) is 40.4 Å². The van der Waals surface area contributed by atoms with E-state index in [-0.39, 0.29) is 12.8 Å². The van der Waals surface area contributed by atoms with Gasteiger partial charge in [-0.15, -0.1) is 0 Å². The normalized spacial score (nSPS) is 13.7. The summed E-state index contributed by atoms with van der Waals surface area (Å²) in [6.45, 7) is 0. The second-order valence-electron chi connectivity index (χ2n) is 7.28. The zero-order chi connectivity index (χ0) is 23.8. The van der Waals surface area contributed by atoms with Crippen molar-refractivity contribution >= 4 is 11.9 Å². The lowest BCUT2D eigenvalue weighted by molar-refractivity contribution is -0.168. The van der Waals surface area contributed by atoms with Crippen LogP contribution in [0.15, 0.2) is 59.7 Å². The first-order valence-electron chi connectivity index (χ1n) is 10.2. The lowest BCUT2D eigenvalue weighted by Gasteiger charge is -2.22. The Bertz CT molecular complexity index is 1120. The molecule has 0 radical (unpaired) electrons. The molecule has 2 aromatic carbocycles. The predicted octanol–water partition coefficient (Wildman–Crippen LogP) is 3.53.